The second-order valence-corrected chi connectivity index (χ2v) is 7.46. The van der Waals surface area contributed by atoms with Crippen molar-refractivity contribution in [1.29, 1.82) is 0 Å². The third kappa shape index (κ3) is 1.90. The fourth-order valence-corrected chi connectivity index (χ4v) is 5.67. The van der Waals surface area contributed by atoms with Gasteiger partial charge in [-0.05, 0) is 79.4 Å². The second kappa shape index (κ2) is 4.27. The third-order valence-corrected chi connectivity index (χ3v) is 5.99. The summed E-state index contributed by atoms with van der Waals surface area (Å²) in [5, 5.41) is 0. The van der Waals surface area contributed by atoms with E-state index in [2.05, 4.69) is 0 Å². The summed E-state index contributed by atoms with van der Waals surface area (Å²) in [6.45, 7) is 0. The monoisotopic (exact) mass is 277 g/mol. The van der Waals surface area contributed by atoms with Crippen LogP contribution in [0.2, 0.25) is 0 Å². The topological polar surface area (TPSA) is 26.0 Å². The Morgan fingerprint density at radius 3 is 1.80 bits per heavy atom. The standard InChI is InChI=1S/C17H21F2N/c18-14-4-13(5-15(19)6-14)16(20)17-7-10-1-11(8-17)3-12(2-10)9-17/h4-6,10-12,16H,1-3,7-9,20H2. The van der Waals surface area contributed by atoms with Gasteiger partial charge in [-0.1, -0.05) is 0 Å². The smallest absolute Gasteiger partial charge is 0.126 e. The molecule has 5 rings (SSSR count). The first kappa shape index (κ1) is 12.8. The SMILES string of the molecule is NC(c1cc(F)cc(F)c1)C12CC3CC(CC(C3)C1)C2. The van der Waals surface area contributed by atoms with Gasteiger partial charge in [0, 0.05) is 12.1 Å². The van der Waals surface area contributed by atoms with Crippen molar-refractivity contribution < 1.29 is 8.78 Å². The summed E-state index contributed by atoms with van der Waals surface area (Å²) in [4.78, 5) is 0. The molecule has 4 fully saturated rings. The molecule has 3 heteroatoms. The van der Waals surface area contributed by atoms with E-state index >= 15 is 0 Å². The molecular weight excluding hydrogens is 256 g/mol. The number of nitrogens with two attached hydrogens (primary N) is 1. The van der Waals surface area contributed by atoms with Crippen LogP contribution in [0.1, 0.15) is 50.1 Å². The highest BCUT2D eigenvalue weighted by atomic mass is 19.1. The van der Waals surface area contributed by atoms with Crippen LogP contribution in [-0.2, 0) is 0 Å². The molecule has 108 valence electrons. The molecule has 2 N–H and O–H groups in total. The Balaban J connectivity index is 1.69. The lowest BCUT2D eigenvalue weighted by atomic mass is 9.47. The van der Waals surface area contributed by atoms with E-state index in [-0.39, 0.29) is 11.5 Å². The van der Waals surface area contributed by atoms with Gasteiger partial charge in [0.2, 0.25) is 0 Å². The van der Waals surface area contributed by atoms with E-state index in [0.717, 1.165) is 43.1 Å². The summed E-state index contributed by atoms with van der Waals surface area (Å²) in [5.74, 6) is 1.36. The van der Waals surface area contributed by atoms with E-state index in [9.17, 15) is 8.78 Å². The summed E-state index contributed by atoms with van der Waals surface area (Å²) in [6, 6.07) is 3.55. The number of hydrogen-bond donors (Lipinski definition) is 1. The summed E-state index contributed by atoms with van der Waals surface area (Å²) < 4.78 is 26.9. The van der Waals surface area contributed by atoms with Gasteiger partial charge in [-0.25, -0.2) is 8.78 Å². The van der Waals surface area contributed by atoms with Crippen molar-refractivity contribution in [2.45, 2.75) is 44.6 Å². The third-order valence-electron chi connectivity index (χ3n) is 5.99. The molecule has 1 aromatic carbocycles. The van der Waals surface area contributed by atoms with Gasteiger partial charge < -0.3 is 5.73 Å². The molecule has 4 aliphatic carbocycles. The van der Waals surface area contributed by atoms with Crippen LogP contribution in [0.25, 0.3) is 0 Å². The van der Waals surface area contributed by atoms with Gasteiger partial charge in [0.1, 0.15) is 11.6 Å². The van der Waals surface area contributed by atoms with Crippen LogP contribution in [0.3, 0.4) is 0 Å². The van der Waals surface area contributed by atoms with Gasteiger partial charge >= 0.3 is 0 Å². The minimum atomic E-state index is -0.514. The van der Waals surface area contributed by atoms with Crippen molar-refractivity contribution in [2.24, 2.45) is 28.9 Å². The Morgan fingerprint density at radius 2 is 1.35 bits per heavy atom. The molecule has 0 aromatic heterocycles. The van der Waals surface area contributed by atoms with Crippen LogP contribution < -0.4 is 5.73 Å². The molecule has 0 heterocycles. The van der Waals surface area contributed by atoms with Gasteiger partial charge in [-0.2, -0.15) is 0 Å². The van der Waals surface area contributed by atoms with Crippen LogP contribution in [0.15, 0.2) is 18.2 Å². The van der Waals surface area contributed by atoms with Crippen LogP contribution in [0.5, 0.6) is 0 Å². The van der Waals surface area contributed by atoms with Gasteiger partial charge in [0.15, 0.2) is 0 Å². The summed E-state index contributed by atoms with van der Waals surface area (Å²) in [5.41, 5.74) is 7.23. The molecule has 1 nitrogen and oxygen atoms in total. The molecule has 0 spiro atoms. The predicted octanol–water partition coefficient (Wildman–Crippen LogP) is 4.18. The molecule has 4 bridgehead atoms. The van der Waals surface area contributed by atoms with E-state index in [1.165, 1.54) is 31.4 Å². The van der Waals surface area contributed by atoms with Crippen molar-refractivity contribution in [2.75, 3.05) is 0 Å². The Kier molecular flexibility index (Phi) is 2.72. The Bertz CT molecular complexity index is 484. The molecule has 0 saturated heterocycles. The summed E-state index contributed by atoms with van der Waals surface area (Å²) >= 11 is 0. The highest BCUT2D eigenvalue weighted by Gasteiger charge is 2.53. The van der Waals surface area contributed by atoms with Crippen molar-refractivity contribution in [3.8, 4) is 0 Å². The largest absolute Gasteiger partial charge is 0.323 e. The zero-order chi connectivity index (χ0) is 13.9. The lowest BCUT2D eigenvalue weighted by molar-refractivity contribution is -0.0678. The average Bonchev–Trinajstić information content (AvgIpc) is 2.35. The molecular formula is C17H21F2N. The molecule has 1 atom stereocenters. The molecule has 0 aliphatic heterocycles. The quantitative estimate of drug-likeness (QED) is 0.862. The highest BCUT2D eigenvalue weighted by Crippen LogP contribution is 2.63. The predicted molar refractivity (Wildman–Crippen MR) is 73.9 cm³/mol. The first-order chi connectivity index (χ1) is 9.54. The Labute approximate surface area is 118 Å². The number of hydrogen-bond acceptors (Lipinski definition) is 1. The molecule has 4 aliphatic rings. The summed E-state index contributed by atoms with van der Waals surface area (Å²) in [6.07, 6.45) is 7.51. The molecule has 0 amide bonds. The van der Waals surface area contributed by atoms with Crippen molar-refractivity contribution in [3.05, 3.63) is 35.4 Å². The minimum Gasteiger partial charge on any atom is -0.323 e. The fraction of sp³-hybridized carbons (Fsp3) is 0.647. The van der Waals surface area contributed by atoms with E-state index in [1.54, 1.807) is 0 Å². The molecule has 20 heavy (non-hydrogen) atoms. The van der Waals surface area contributed by atoms with E-state index < -0.39 is 11.6 Å². The van der Waals surface area contributed by atoms with Gasteiger partial charge in [0.05, 0.1) is 0 Å². The van der Waals surface area contributed by atoms with Crippen LogP contribution in [-0.4, -0.2) is 0 Å². The lowest BCUT2D eigenvalue weighted by Gasteiger charge is -2.59. The van der Waals surface area contributed by atoms with Gasteiger partial charge in [-0.15, -0.1) is 0 Å². The lowest BCUT2D eigenvalue weighted by Crippen LogP contribution is -2.50. The molecule has 1 unspecified atom stereocenters. The summed E-state index contributed by atoms with van der Waals surface area (Å²) in [7, 11) is 0. The van der Waals surface area contributed by atoms with Crippen LogP contribution in [0, 0.1) is 34.8 Å². The van der Waals surface area contributed by atoms with Crippen LogP contribution >= 0.6 is 0 Å². The maximum Gasteiger partial charge on any atom is 0.126 e. The molecule has 4 saturated carbocycles. The van der Waals surface area contributed by atoms with E-state index in [4.69, 9.17) is 5.73 Å². The first-order valence-corrected chi connectivity index (χ1v) is 7.76. The molecule has 0 radical (unpaired) electrons. The van der Waals surface area contributed by atoms with Gasteiger partial charge in [0.25, 0.3) is 0 Å². The number of rotatable bonds is 2. The van der Waals surface area contributed by atoms with Crippen molar-refractivity contribution in [3.63, 3.8) is 0 Å². The Morgan fingerprint density at radius 1 is 0.900 bits per heavy atom. The van der Waals surface area contributed by atoms with Crippen molar-refractivity contribution >= 4 is 0 Å². The maximum absolute atomic E-state index is 13.5. The molecule has 1 aromatic rings. The fourth-order valence-electron chi connectivity index (χ4n) is 5.67. The second-order valence-electron chi connectivity index (χ2n) is 7.46. The van der Waals surface area contributed by atoms with E-state index in [0.29, 0.717) is 5.56 Å². The zero-order valence-corrected chi connectivity index (χ0v) is 11.6. The number of halogens is 2. The van der Waals surface area contributed by atoms with Gasteiger partial charge in [-0.3, -0.25) is 0 Å². The zero-order valence-electron chi connectivity index (χ0n) is 11.6. The van der Waals surface area contributed by atoms with Crippen LogP contribution in [0.4, 0.5) is 8.78 Å². The van der Waals surface area contributed by atoms with Crippen molar-refractivity contribution in [1.82, 2.24) is 0 Å². The minimum absolute atomic E-state index is 0.0922. The maximum atomic E-state index is 13.5. The van der Waals surface area contributed by atoms with E-state index in [1.807, 2.05) is 0 Å². The normalized spacial score (nSPS) is 40.0. The number of benzene rings is 1. The highest BCUT2D eigenvalue weighted by molar-refractivity contribution is 5.25. The Hall–Kier alpha value is -0.960. The first-order valence-electron chi connectivity index (χ1n) is 7.76. The average molecular weight is 277 g/mol.